The number of urea groups is 1. The molecule has 3 atom stereocenters. The third-order valence-electron chi connectivity index (χ3n) is 4.29. The molecule has 0 aliphatic heterocycles. The van der Waals surface area contributed by atoms with Crippen LogP contribution in [0.1, 0.15) is 53.4 Å². The lowest BCUT2D eigenvalue weighted by Crippen LogP contribution is -2.49. The molecule has 0 bridgehead atoms. The highest BCUT2D eigenvalue weighted by Crippen LogP contribution is 2.30. The van der Waals surface area contributed by atoms with Gasteiger partial charge in [0.05, 0.1) is 6.42 Å². The van der Waals surface area contributed by atoms with Crippen molar-refractivity contribution in [2.45, 2.75) is 59.4 Å². The summed E-state index contributed by atoms with van der Waals surface area (Å²) in [6.45, 7) is 8.69. The Labute approximate surface area is 121 Å². The molecule has 0 heterocycles. The lowest BCUT2D eigenvalue weighted by atomic mass is 9.85. The van der Waals surface area contributed by atoms with Gasteiger partial charge in [-0.1, -0.05) is 40.5 Å². The van der Waals surface area contributed by atoms with Crippen LogP contribution in [0.25, 0.3) is 0 Å². The van der Waals surface area contributed by atoms with Crippen molar-refractivity contribution in [1.82, 2.24) is 10.6 Å². The third kappa shape index (κ3) is 5.39. The smallest absolute Gasteiger partial charge is 0.315 e. The Kier molecular flexibility index (Phi) is 5.84. The summed E-state index contributed by atoms with van der Waals surface area (Å²) in [5.74, 6) is 0.315. The Morgan fingerprint density at radius 1 is 1.30 bits per heavy atom. The molecule has 2 amide bonds. The van der Waals surface area contributed by atoms with Crippen LogP contribution in [0.4, 0.5) is 4.79 Å². The Bertz CT molecular complexity index is 350. The minimum Gasteiger partial charge on any atom is -0.481 e. The number of hydrogen-bond acceptors (Lipinski definition) is 2. The molecule has 1 saturated carbocycles. The SMILES string of the molecule is CC1CCCC1CNC(=O)NC(CC(=O)O)C(C)(C)C. The first-order chi connectivity index (χ1) is 9.20. The van der Waals surface area contributed by atoms with E-state index < -0.39 is 5.97 Å². The van der Waals surface area contributed by atoms with Crippen LogP contribution in [0.3, 0.4) is 0 Å². The summed E-state index contributed by atoms with van der Waals surface area (Å²) in [5, 5.41) is 14.6. The lowest BCUT2D eigenvalue weighted by Gasteiger charge is -2.30. The van der Waals surface area contributed by atoms with Crippen molar-refractivity contribution in [3.8, 4) is 0 Å². The quantitative estimate of drug-likeness (QED) is 0.726. The number of carboxylic acid groups (broad SMARTS) is 1. The fraction of sp³-hybridized carbons (Fsp3) is 0.867. The Morgan fingerprint density at radius 2 is 1.95 bits per heavy atom. The second-order valence-corrected chi connectivity index (χ2v) is 7.04. The van der Waals surface area contributed by atoms with Crippen molar-refractivity contribution in [2.75, 3.05) is 6.54 Å². The van der Waals surface area contributed by atoms with Gasteiger partial charge in [-0.3, -0.25) is 4.79 Å². The Balaban J connectivity index is 2.43. The molecule has 1 aliphatic rings. The Morgan fingerprint density at radius 3 is 2.40 bits per heavy atom. The number of carboxylic acids is 1. The second kappa shape index (κ2) is 6.95. The van der Waals surface area contributed by atoms with E-state index in [9.17, 15) is 9.59 Å². The monoisotopic (exact) mass is 284 g/mol. The molecular formula is C15H28N2O3. The summed E-state index contributed by atoms with van der Waals surface area (Å²) in [7, 11) is 0. The number of rotatable bonds is 5. The summed E-state index contributed by atoms with van der Waals surface area (Å²) in [4.78, 5) is 22.8. The molecule has 0 aromatic carbocycles. The molecule has 3 unspecified atom stereocenters. The van der Waals surface area contributed by atoms with E-state index in [0.717, 1.165) is 0 Å². The summed E-state index contributed by atoms with van der Waals surface area (Å²) in [5.41, 5.74) is -0.281. The van der Waals surface area contributed by atoms with Gasteiger partial charge in [-0.05, 0) is 23.7 Å². The van der Waals surface area contributed by atoms with E-state index in [0.29, 0.717) is 18.4 Å². The van der Waals surface area contributed by atoms with Crippen LogP contribution in [0, 0.1) is 17.3 Å². The predicted molar refractivity (Wildman–Crippen MR) is 78.5 cm³/mol. The fourth-order valence-electron chi connectivity index (χ4n) is 2.71. The lowest BCUT2D eigenvalue weighted by molar-refractivity contribution is -0.138. The molecule has 0 aromatic heterocycles. The summed E-state index contributed by atoms with van der Waals surface area (Å²) >= 11 is 0. The first-order valence-corrected chi connectivity index (χ1v) is 7.46. The molecule has 0 aromatic rings. The standard InChI is InChI=1S/C15H28N2O3/c1-10-6-5-7-11(10)9-16-14(20)17-12(8-13(18)19)15(2,3)4/h10-12H,5-9H2,1-4H3,(H,18,19)(H2,16,17,20). The molecule has 1 aliphatic carbocycles. The fourth-order valence-corrected chi connectivity index (χ4v) is 2.71. The number of hydrogen-bond donors (Lipinski definition) is 3. The highest BCUT2D eigenvalue weighted by Gasteiger charge is 2.29. The van der Waals surface area contributed by atoms with Gasteiger partial charge in [-0.2, -0.15) is 0 Å². The minimum atomic E-state index is -0.894. The van der Waals surface area contributed by atoms with E-state index in [1.807, 2.05) is 20.8 Å². The first-order valence-electron chi connectivity index (χ1n) is 7.46. The van der Waals surface area contributed by atoms with E-state index in [1.165, 1.54) is 19.3 Å². The summed E-state index contributed by atoms with van der Waals surface area (Å²) in [6.07, 6.45) is 3.58. The van der Waals surface area contributed by atoms with Crippen molar-refractivity contribution >= 4 is 12.0 Å². The zero-order chi connectivity index (χ0) is 15.3. The average molecular weight is 284 g/mol. The van der Waals surface area contributed by atoms with Crippen LogP contribution in [0.2, 0.25) is 0 Å². The normalized spacial score (nSPS) is 24.2. The van der Waals surface area contributed by atoms with E-state index in [-0.39, 0.29) is 23.9 Å². The highest BCUT2D eigenvalue weighted by atomic mass is 16.4. The zero-order valence-electron chi connectivity index (χ0n) is 13.0. The molecule has 5 nitrogen and oxygen atoms in total. The van der Waals surface area contributed by atoms with Crippen LogP contribution in [-0.2, 0) is 4.79 Å². The van der Waals surface area contributed by atoms with Gasteiger partial charge in [0.15, 0.2) is 0 Å². The molecule has 0 spiro atoms. The van der Waals surface area contributed by atoms with Crippen molar-refractivity contribution in [1.29, 1.82) is 0 Å². The minimum absolute atomic E-state index is 0.0588. The van der Waals surface area contributed by atoms with Gasteiger partial charge >= 0.3 is 12.0 Å². The highest BCUT2D eigenvalue weighted by molar-refractivity contribution is 5.75. The number of amides is 2. The topological polar surface area (TPSA) is 78.4 Å². The number of carbonyl (C=O) groups excluding carboxylic acids is 1. The molecule has 5 heteroatoms. The van der Waals surface area contributed by atoms with Crippen LogP contribution in [0.5, 0.6) is 0 Å². The molecular weight excluding hydrogens is 256 g/mol. The van der Waals surface area contributed by atoms with Crippen molar-refractivity contribution in [3.63, 3.8) is 0 Å². The average Bonchev–Trinajstić information content (AvgIpc) is 2.69. The van der Waals surface area contributed by atoms with Crippen LogP contribution in [-0.4, -0.2) is 29.7 Å². The van der Waals surface area contributed by atoms with E-state index in [1.54, 1.807) is 0 Å². The second-order valence-electron chi connectivity index (χ2n) is 7.04. The molecule has 3 N–H and O–H groups in total. The zero-order valence-corrected chi connectivity index (χ0v) is 13.0. The first kappa shape index (κ1) is 16.8. The largest absolute Gasteiger partial charge is 0.481 e. The Hall–Kier alpha value is -1.26. The molecule has 0 radical (unpaired) electrons. The van der Waals surface area contributed by atoms with E-state index in [2.05, 4.69) is 17.6 Å². The van der Waals surface area contributed by atoms with Gasteiger partial charge in [0.1, 0.15) is 0 Å². The van der Waals surface area contributed by atoms with Crippen LogP contribution < -0.4 is 10.6 Å². The maximum atomic E-state index is 11.9. The van der Waals surface area contributed by atoms with Gasteiger partial charge in [0.2, 0.25) is 0 Å². The molecule has 0 saturated heterocycles. The van der Waals surface area contributed by atoms with Gasteiger partial charge in [-0.15, -0.1) is 0 Å². The summed E-state index contributed by atoms with van der Waals surface area (Å²) < 4.78 is 0. The van der Waals surface area contributed by atoms with Crippen molar-refractivity contribution in [2.24, 2.45) is 17.3 Å². The van der Waals surface area contributed by atoms with Gasteiger partial charge < -0.3 is 15.7 Å². The predicted octanol–water partition coefficient (Wildman–Crippen LogP) is 2.61. The van der Waals surface area contributed by atoms with Crippen molar-refractivity contribution in [3.05, 3.63) is 0 Å². The molecule has 1 fully saturated rings. The molecule has 20 heavy (non-hydrogen) atoms. The van der Waals surface area contributed by atoms with Gasteiger partial charge in [-0.25, -0.2) is 4.79 Å². The molecule has 116 valence electrons. The van der Waals surface area contributed by atoms with Crippen LogP contribution >= 0.6 is 0 Å². The van der Waals surface area contributed by atoms with E-state index >= 15 is 0 Å². The van der Waals surface area contributed by atoms with Gasteiger partial charge in [0, 0.05) is 12.6 Å². The third-order valence-corrected chi connectivity index (χ3v) is 4.29. The maximum absolute atomic E-state index is 11.9. The van der Waals surface area contributed by atoms with Crippen LogP contribution in [0.15, 0.2) is 0 Å². The van der Waals surface area contributed by atoms with E-state index in [4.69, 9.17) is 5.11 Å². The molecule has 1 rings (SSSR count). The maximum Gasteiger partial charge on any atom is 0.315 e. The number of nitrogens with one attached hydrogen (secondary N) is 2. The van der Waals surface area contributed by atoms with Crippen molar-refractivity contribution < 1.29 is 14.7 Å². The summed E-state index contributed by atoms with van der Waals surface area (Å²) in [6, 6.07) is -0.633. The number of carbonyl (C=O) groups is 2. The van der Waals surface area contributed by atoms with Gasteiger partial charge in [0.25, 0.3) is 0 Å². The number of aliphatic carboxylic acids is 1.